The fourth-order valence-electron chi connectivity index (χ4n) is 2.62. The van der Waals surface area contributed by atoms with Gasteiger partial charge in [0.2, 0.25) is 0 Å². The molecule has 0 radical (unpaired) electrons. The van der Waals surface area contributed by atoms with Crippen LogP contribution in [0.5, 0.6) is 0 Å². The minimum absolute atomic E-state index is 0.184. The zero-order valence-corrected chi connectivity index (χ0v) is 14.7. The van der Waals surface area contributed by atoms with Gasteiger partial charge in [0.1, 0.15) is 5.69 Å². The molecule has 5 heteroatoms. The number of nitrogens with one attached hydrogen (secondary N) is 1. The Morgan fingerprint density at radius 3 is 2.42 bits per heavy atom. The molecule has 0 aliphatic heterocycles. The van der Waals surface area contributed by atoms with E-state index < -0.39 is 0 Å². The van der Waals surface area contributed by atoms with Gasteiger partial charge in [0.25, 0.3) is 11.5 Å². The third-order valence-corrected chi connectivity index (χ3v) is 4.06. The molecule has 26 heavy (non-hydrogen) atoms. The standard InChI is InChI=1S/C21H21N3O2/c1-2-3-7-16-10-12-17(13-11-16)22-21(26)19-14-15-20(25)24(23-19)18-8-5-4-6-9-18/h4-6,8-15H,2-3,7H2,1H3,(H,22,26). The van der Waals surface area contributed by atoms with Gasteiger partial charge in [-0.1, -0.05) is 43.7 Å². The molecule has 3 rings (SSSR count). The lowest BCUT2D eigenvalue weighted by molar-refractivity contribution is 0.102. The Morgan fingerprint density at radius 1 is 1.00 bits per heavy atom. The van der Waals surface area contributed by atoms with E-state index >= 15 is 0 Å². The predicted molar refractivity (Wildman–Crippen MR) is 103 cm³/mol. The summed E-state index contributed by atoms with van der Waals surface area (Å²) in [5, 5.41) is 7.01. The van der Waals surface area contributed by atoms with E-state index in [2.05, 4.69) is 17.3 Å². The number of anilines is 1. The molecule has 0 unspecified atom stereocenters. The van der Waals surface area contributed by atoms with Gasteiger partial charge in [-0.15, -0.1) is 0 Å². The van der Waals surface area contributed by atoms with Crippen LogP contribution in [0.25, 0.3) is 5.69 Å². The lowest BCUT2D eigenvalue weighted by Crippen LogP contribution is -2.24. The summed E-state index contributed by atoms with van der Waals surface area (Å²) in [4.78, 5) is 24.5. The van der Waals surface area contributed by atoms with E-state index in [1.807, 2.05) is 42.5 Å². The van der Waals surface area contributed by atoms with E-state index in [1.54, 1.807) is 12.1 Å². The second-order valence-corrected chi connectivity index (χ2v) is 6.06. The zero-order valence-electron chi connectivity index (χ0n) is 14.7. The van der Waals surface area contributed by atoms with Crippen molar-refractivity contribution >= 4 is 11.6 Å². The van der Waals surface area contributed by atoms with Crippen molar-refractivity contribution in [2.75, 3.05) is 5.32 Å². The van der Waals surface area contributed by atoms with Gasteiger partial charge < -0.3 is 5.32 Å². The van der Waals surface area contributed by atoms with Gasteiger partial charge in [0, 0.05) is 11.8 Å². The number of benzene rings is 2. The molecule has 1 N–H and O–H groups in total. The van der Waals surface area contributed by atoms with Crippen LogP contribution in [-0.4, -0.2) is 15.7 Å². The highest BCUT2D eigenvalue weighted by atomic mass is 16.2. The SMILES string of the molecule is CCCCc1ccc(NC(=O)c2ccc(=O)n(-c3ccccc3)n2)cc1. The maximum Gasteiger partial charge on any atom is 0.276 e. The largest absolute Gasteiger partial charge is 0.321 e. The number of carbonyl (C=O) groups is 1. The van der Waals surface area contributed by atoms with E-state index in [1.165, 1.54) is 22.4 Å². The molecule has 132 valence electrons. The Kier molecular flexibility index (Phi) is 5.59. The molecule has 0 aliphatic rings. The average Bonchev–Trinajstić information content (AvgIpc) is 2.68. The first kappa shape index (κ1) is 17.6. The number of nitrogens with zero attached hydrogens (tertiary/aromatic N) is 2. The molecule has 0 saturated heterocycles. The number of hydrogen-bond donors (Lipinski definition) is 1. The average molecular weight is 347 g/mol. The fourth-order valence-corrected chi connectivity index (χ4v) is 2.62. The first-order valence-electron chi connectivity index (χ1n) is 8.73. The van der Waals surface area contributed by atoms with E-state index in [0.717, 1.165) is 19.3 Å². The summed E-state index contributed by atoms with van der Waals surface area (Å²) in [6, 6.07) is 19.6. The van der Waals surface area contributed by atoms with Crippen LogP contribution in [0, 0.1) is 0 Å². The number of rotatable bonds is 6. The highest BCUT2D eigenvalue weighted by molar-refractivity contribution is 6.02. The normalized spacial score (nSPS) is 10.5. The van der Waals surface area contributed by atoms with Gasteiger partial charge in [0.05, 0.1) is 5.69 Å². The molecule has 0 spiro atoms. The van der Waals surface area contributed by atoms with Crippen LogP contribution in [0.3, 0.4) is 0 Å². The monoisotopic (exact) mass is 347 g/mol. The van der Waals surface area contributed by atoms with Gasteiger partial charge in [-0.2, -0.15) is 9.78 Å². The van der Waals surface area contributed by atoms with E-state index in [9.17, 15) is 9.59 Å². The molecule has 5 nitrogen and oxygen atoms in total. The summed E-state index contributed by atoms with van der Waals surface area (Å²) in [5.74, 6) is -0.351. The molecular weight excluding hydrogens is 326 g/mol. The summed E-state index contributed by atoms with van der Waals surface area (Å²) in [5.41, 5.74) is 2.47. The minimum Gasteiger partial charge on any atom is -0.321 e. The number of hydrogen-bond acceptors (Lipinski definition) is 3. The Balaban J connectivity index is 1.77. The van der Waals surface area contributed by atoms with Gasteiger partial charge >= 0.3 is 0 Å². The lowest BCUT2D eigenvalue weighted by atomic mass is 10.1. The first-order chi connectivity index (χ1) is 12.7. The van der Waals surface area contributed by atoms with Crippen molar-refractivity contribution in [3.63, 3.8) is 0 Å². The minimum atomic E-state index is -0.351. The molecule has 1 heterocycles. The van der Waals surface area contributed by atoms with Crippen molar-refractivity contribution in [2.24, 2.45) is 0 Å². The predicted octanol–water partition coefficient (Wildman–Crippen LogP) is 3.83. The van der Waals surface area contributed by atoms with Crippen molar-refractivity contribution in [3.8, 4) is 5.69 Å². The van der Waals surface area contributed by atoms with Gasteiger partial charge in [-0.05, 0) is 48.7 Å². The van der Waals surface area contributed by atoms with Crippen LogP contribution in [-0.2, 0) is 6.42 Å². The Hall–Kier alpha value is -3.21. The van der Waals surface area contributed by atoms with Crippen LogP contribution in [0.15, 0.2) is 71.5 Å². The number of aryl methyl sites for hydroxylation is 1. The number of aromatic nitrogens is 2. The molecule has 0 atom stereocenters. The van der Waals surface area contributed by atoms with Crippen LogP contribution in [0.2, 0.25) is 0 Å². The maximum atomic E-state index is 12.5. The molecule has 1 amide bonds. The van der Waals surface area contributed by atoms with Crippen molar-refractivity contribution in [1.82, 2.24) is 9.78 Å². The zero-order chi connectivity index (χ0) is 18.4. The second-order valence-electron chi connectivity index (χ2n) is 6.06. The van der Waals surface area contributed by atoms with E-state index in [4.69, 9.17) is 0 Å². The first-order valence-corrected chi connectivity index (χ1v) is 8.73. The van der Waals surface area contributed by atoms with Crippen LogP contribution in [0.1, 0.15) is 35.8 Å². The molecule has 0 aliphatic carbocycles. The highest BCUT2D eigenvalue weighted by Gasteiger charge is 2.11. The number of amides is 1. The topological polar surface area (TPSA) is 64.0 Å². The van der Waals surface area contributed by atoms with Crippen molar-refractivity contribution in [1.29, 1.82) is 0 Å². The third kappa shape index (κ3) is 4.25. The molecule has 1 aromatic heterocycles. The van der Waals surface area contributed by atoms with Crippen LogP contribution in [0.4, 0.5) is 5.69 Å². The summed E-state index contributed by atoms with van der Waals surface area (Å²) in [6.45, 7) is 2.16. The Morgan fingerprint density at radius 2 is 1.73 bits per heavy atom. The van der Waals surface area contributed by atoms with Gasteiger partial charge in [-0.25, -0.2) is 0 Å². The third-order valence-electron chi connectivity index (χ3n) is 4.06. The second kappa shape index (κ2) is 8.25. The molecule has 0 fully saturated rings. The molecule has 0 saturated carbocycles. The maximum absolute atomic E-state index is 12.5. The van der Waals surface area contributed by atoms with E-state index in [0.29, 0.717) is 11.4 Å². The van der Waals surface area contributed by atoms with E-state index in [-0.39, 0.29) is 17.2 Å². The van der Waals surface area contributed by atoms with Crippen molar-refractivity contribution in [2.45, 2.75) is 26.2 Å². The summed E-state index contributed by atoms with van der Waals surface area (Å²) in [6.07, 6.45) is 3.34. The summed E-state index contributed by atoms with van der Waals surface area (Å²) >= 11 is 0. The van der Waals surface area contributed by atoms with Crippen molar-refractivity contribution in [3.05, 3.63) is 88.3 Å². The number of unbranched alkanes of at least 4 members (excludes halogenated alkanes) is 1. The number of para-hydroxylation sites is 1. The highest BCUT2D eigenvalue weighted by Crippen LogP contribution is 2.13. The smallest absolute Gasteiger partial charge is 0.276 e. The number of carbonyl (C=O) groups excluding carboxylic acids is 1. The van der Waals surface area contributed by atoms with Crippen LogP contribution < -0.4 is 10.9 Å². The molecule has 0 bridgehead atoms. The quantitative estimate of drug-likeness (QED) is 0.737. The van der Waals surface area contributed by atoms with Gasteiger partial charge in [0.15, 0.2) is 0 Å². The Bertz CT molecular complexity index is 931. The fraction of sp³-hybridized carbons (Fsp3) is 0.190. The van der Waals surface area contributed by atoms with Gasteiger partial charge in [-0.3, -0.25) is 9.59 Å². The van der Waals surface area contributed by atoms with Crippen LogP contribution >= 0.6 is 0 Å². The summed E-state index contributed by atoms with van der Waals surface area (Å²) < 4.78 is 1.22. The molecule has 2 aromatic carbocycles. The molecular formula is C21H21N3O2. The Labute approximate surface area is 152 Å². The summed E-state index contributed by atoms with van der Waals surface area (Å²) in [7, 11) is 0. The lowest BCUT2D eigenvalue weighted by Gasteiger charge is -2.08. The van der Waals surface area contributed by atoms with Crippen molar-refractivity contribution < 1.29 is 4.79 Å². The molecule has 3 aromatic rings.